The zero-order valence-corrected chi connectivity index (χ0v) is 18.8. The summed E-state index contributed by atoms with van der Waals surface area (Å²) in [6, 6.07) is 7.71. The highest BCUT2D eigenvalue weighted by molar-refractivity contribution is 7.12. The molecule has 1 aromatic carbocycles. The molecule has 0 spiro atoms. The Labute approximate surface area is 186 Å². The SMILES string of the molecule is Cn1nc(-c2ccc(C(=O)NCCN3CCOCC3)cc2)sc1=NC1CCC[C@@H](O)C1. The summed E-state index contributed by atoms with van der Waals surface area (Å²) in [7, 11) is 1.90. The molecule has 4 rings (SSSR count). The molecule has 2 atom stereocenters. The fourth-order valence-corrected chi connectivity index (χ4v) is 4.97. The van der Waals surface area contributed by atoms with Crippen molar-refractivity contribution in [2.75, 3.05) is 39.4 Å². The molecule has 2 fully saturated rings. The van der Waals surface area contributed by atoms with Crippen LogP contribution in [0, 0.1) is 0 Å². The van der Waals surface area contributed by atoms with Crippen molar-refractivity contribution in [2.24, 2.45) is 12.0 Å². The number of ether oxygens (including phenoxy) is 1. The quantitative estimate of drug-likeness (QED) is 0.702. The Hall–Kier alpha value is -2.07. The number of benzene rings is 1. The van der Waals surface area contributed by atoms with E-state index in [0.29, 0.717) is 12.1 Å². The van der Waals surface area contributed by atoms with Gasteiger partial charge >= 0.3 is 0 Å². The lowest BCUT2D eigenvalue weighted by Gasteiger charge is -2.26. The summed E-state index contributed by atoms with van der Waals surface area (Å²) in [6.45, 7) is 4.84. The second-order valence-corrected chi connectivity index (χ2v) is 9.16. The molecule has 1 aliphatic heterocycles. The van der Waals surface area contributed by atoms with Crippen molar-refractivity contribution in [3.8, 4) is 10.6 Å². The first-order chi connectivity index (χ1) is 15.1. The van der Waals surface area contributed by atoms with Crippen LogP contribution in [-0.2, 0) is 11.8 Å². The van der Waals surface area contributed by atoms with Gasteiger partial charge in [0.05, 0.1) is 25.4 Å². The summed E-state index contributed by atoms with van der Waals surface area (Å²) in [4.78, 5) is 20.4. The molecule has 1 saturated heterocycles. The van der Waals surface area contributed by atoms with Crippen LogP contribution in [0.25, 0.3) is 10.6 Å². The maximum Gasteiger partial charge on any atom is 0.251 e. The largest absolute Gasteiger partial charge is 0.393 e. The van der Waals surface area contributed by atoms with Crippen LogP contribution in [0.4, 0.5) is 0 Å². The lowest BCUT2D eigenvalue weighted by atomic mass is 9.94. The second kappa shape index (κ2) is 10.5. The Morgan fingerprint density at radius 2 is 2.06 bits per heavy atom. The lowest BCUT2D eigenvalue weighted by Crippen LogP contribution is -2.41. The molecule has 31 heavy (non-hydrogen) atoms. The van der Waals surface area contributed by atoms with Gasteiger partial charge in [-0.05, 0) is 37.8 Å². The van der Waals surface area contributed by atoms with E-state index in [4.69, 9.17) is 9.73 Å². The van der Waals surface area contributed by atoms with E-state index in [9.17, 15) is 9.90 Å². The topological polar surface area (TPSA) is 92.0 Å². The Morgan fingerprint density at radius 1 is 1.29 bits per heavy atom. The van der Waals surface area contributed by atoms with E-state index in [0.717, 1.165) is 73.9 Å². The molecule has 2 aliphatic rings. The molecular formula is C22H31N5O3S. The summed E-state index contributed by atoms with van der Waals surface area (Å²) in [5.74, 6) is -0.0592. The third-order valence-corrected chi connectivity index (χ3v) is 6.89. The summed E-state index contributed by atoms with van der Waals surface area (Å²) >= 11 is 1.54. The predicted molar refractivity (Wildman–Crippen MR) is 120 cm³/mol. The van der Waals surface area contributed by atoms with E-state index in [1.165, 1.54) is 11.3 Å². The van der Waals surface area contributed by atoms with E-state index in [1.807, 2.05) is 31.3 Å². The molecule has 1 aromatic heterocycles. The fraction of sp³-hybridized carbons (Fsp3) is 0.591. The maximum absolute atomic E-state index is 12.4. The minimum absolute atomic E-state index is 0.0592. The number of carbonyl (C=O) groups excluding carboxylic acids is 1. The van der Waals surface area contributed by atoms with E-state index < -0.39 is 0 Å². The molecule has 1 unspecified atom stereocenters. The van der Waals surface area contributed by atoms with Gasteiger partial charge in [-0.2, -0.15) is 5.10 Å². The number of aryl methyl sites for hydroxylation is 1. The molecule has 2 aromatic rings. The minimum atomic E-state index is -0.243. The zero-order valence-electron chi connectivity index (χ0n) is 18.0. The van der Waals surface area contributed by atoms with Crippen molar-refractivity contribution in [2.45, 2.75) is 37.8 Å². The van der Waals surface area contributed by atoms with Gasteiger partial charge in [0.15, 0.2) is 0 Å². The third kappa shape index (κ3) is 6.00. The van der Waals surface area contributed by atoms with Crippen LogP contribution in [0.3, 0.4) is 0 Å². The molecular weight excluding hydrogens is 414 g/mol. The van der Waals surface area contributed by atoms with E-state index in [-0.39, 0.29) is 18.1 Å². The molecule has 168 valence electrons. The molecule has 1 saturated carbocycles. The first-order valence-electron chi connectivity index (χ1n) is 11.0. The summed E-state index contributed by atoms with van der Waals surface area (Å²) < 4.78 is 7.14. The van der Waals surface area contributed by atoms with Crippen molar-refractivity contribution >= 4 is 17.2 Å². The number of morpholine rings is 1. The number of aliphatic hydroxyl groups excluding tert-OH is 1. The number of hydrogen-bond donors (Lipinski definition) is 2. The van der Waals surface area contributed by atoms with Gasteiger partial charge in [-0.15, -0.1) is 0 Å². The van der Waals surface area contributed by atoms with Gasteiger partial charge in [-0.25, -0.2) is 4.68 Å². The molecule has 2 N–H and O–H groups in total. The minimum Gasteiger partial charge on any atom is -0.393 e. The summed E-state index contributed by atoms with van der Waals surface area (Å²) in [5.41, 5.74) is 1.61. The Bertz CT molecular complexity index is 933. The maximum atomic E-state index is 12.4. The summed E-state index contributed by atoms with van der Waals surface area (Å²) in [6.07, 6.45) is 3.38. The van der Waals surface area contributed by atoms with Crippen LogP contribution in [0.1, 0.15) is 36.0 Å². The monoisotopic (exact) mass is 445 g/mol. The first kappa shape index (κ1) is 22.1. The van der Waals surface area contributed by atoms with Gasteiger partial charge in [-0.3, -0.25) is 14.7 Å². The van der Waals surface area contributed by atoms with E-state index >= 15 is 0 Å². The number of nitrogens with zero attached hydrogens (tertiary/aromatic N) is 4. The van der Waals surface area contributed by atoms with Gasteiger partial charge in [0.1, 0.15) is 5.01 Å². The predicted octanol–water partition coefficient (Wildman–Crippen LogP) is 1.41. The highest BCUT2D eigenvalue weighted by Gasteiger charge is 2.20. The molecule has 0 bridgehead atoms. The van der Waals surface area contributed by atoms with Crippen LogP contribution in [0.5, 0.6) is 0 Å². The Morgan fingerprint density at radius 3 is 2.81 bits per heavy atom. The fourth-order valence-electron chi connectivity index (χ4n) is 4.01. The highest BCUT2D eigenvalue weighted by Crippen LogP contribution is 2.22. The molecule has 2 heterocycles. The molecule has 8 nitrogen and oxygen atoms in total. The van der Waals surface area contributed by atoms with E-state index in [1.54, 1.807) is 4.68 Å². The molecule has 9 heteroatoms. The first-order valence-corrected chi connectivity index (χ1v) is 11.8. The summed E-state index contributed by atoms with van der Waals surface area (Å²) in [5, 5.41) is 18.4. The van der Waals surface area contributed by atoms with Gasteiger partial charge < -0.3 is 15.2 Å². The average Bonchev–Trinajstić information content (AvgIpc) is 3.15. The number of carbonyl (C=O) groups is 1. The highest BCUT2D eigenvalue weighted by atomic mass is 32.1. The van der Waals surface area contributed by atoms with Crippen molar-refractivity contribution in [1.29, 1.82) is 0 Å². The van der Waals surface area contributed by atoms with Gasteiger partial charge in [0, 0.05) is 44.4 Å². The zero-order chi connectivity index (χ0) is 21.6. The van der Waals surface area contributed by atoms with Crippen LogP contribution >= 0.6 is 11.3 Å². The van der Waals surface area contributed by atoms with E-state index in [2.05, 4.69) is 15.3 Å². The van der Waals surface area contributed by atoms with Gasteiger partial charge in [-0.1, -0.05) is 23.5 Å². The standard InChI is InChI=1S/C22H31N5O3S/c1-26-22(24-18-3-2-4-19(28)15-18)31-21(25-26)17-7-5-16(6-8-17)20(29)23-9-10-27-11-13-30-14-12-27/h5-8,18-19,28H,2-4,9-15H2,1H3,(H,23,29)/t18?,19-/m1/s1. The van der Waals surface area contributed by atoms with Gasteiger partial charge in [0.25, 0.3) is 5.91 Å². The van der Waals surface area contributed by atoms with Crippen molar-refractivity contribution < 1.29 is 14.6 Å². The number of rotatable bonds is 6. The van der Waals surface area contributed by atoms with Crippen molar-refractivity contribution in [3.05, 3.63) is 34.6 Å². The number of hydrogen-bond acceptors (Lipinski definition) is 7. The number of aliphatic hydroxyl groups is 1. The number of amides is 1. The molecule has 1 amide bonds. The van der Waals surface area contributed by atoms with Crippen molar-refractivity contribution in [1.82, 2.24) is 20.0 Å². The molecule has 0 radical (unpaired) electrons. The Kier molecular flexibility index (Phi) is 7.49. The molecule has 1 aliphatic carbocycles. The lowest BCUT2D eigenvalue weighted by molar-refractivity contribution is 0.0383. The normalized spacial score (nSPS) is 23.1. The van der Waals surface area contributed by atoms with Gasteiger partial charge in [0.2, 0.25) is 4.80 Å². The smallest absolute Gasteiger partial charge is 0.251 e. The van der Waals surface area contributed by atoms with Crippen LogP contribution in [-0.4, -0.2) is 77.2 Å². The third-order valence-electron chi connectivity index (χ3n) is 5.83. The number of aromatic nitrogens is 2. The van der Waals surface area contributed by atoms with Crippen LogP contribution < -0.4 is 10.1 Å². The second-order valence-electron chi connectivity index (χ2n) is 8.20. The Balaban J connectivity index is 1.36. The number of nitrogens with one attached hydrogen (secondary N) is 1. The average molecular weight is 446 g/mol. The van der Waals surface area contributed by atoms with Crippen LogP contribution in [0.15, 0.2) is 29.3 Å². The van der Waals surface area contributed by atoms with Crippen molar-refractivity contribution in [3.63, 3.8) is 0 Å². The van der Waals surface area contributed by atoms with Crippen LogP contribution in [0.2, 0.25) is 0 Å².